The molecule has 0 saturated heterocycles. The van der Waals surface area contributed by atoms with Crippen LogP contribution in [0.25, 0.3) is 0 Å². The Hall–Kier alpha value is -2.86. The lowest BCUT2D eigenvalue weighted by atomic mass is 10.2. The molecule has 138 valence electrons. The molecule has 1 aromatic heterocycles. The second-order valence-electron chi connectivity index (χ2n) is 5.81. The zero-order chi connectivity index (χ0) is 19.1. The van der Waals surface area contributed by atoms with Crippen LogP contribution < -0.4 is 10.2 Å². The molecule has 1 heterocycles. The van der Waals surface area contributed by atoms with Gasteiger partial charge in [0.05, 0.1) is 6.42 Å². The number of carbonyl (C=O) groups excluding carboxylic acids is 1. The highest BCUT2D eigenvalue weighted by atomic mass is 79.9. The van der Waals surface area contributed by atoms with E-state index in [2.05, 4.69) is 15.9 Å². The summed E-state index contributed by atoms with van der Waals surface area (Å²) < 4.78 is 16.9. The third-order valence-electron chi connectivity index (χ3n) is 3.73. The standard InChI is InChI=1S/C21H17BrO5/c22-17-8-6-15(7-9-17)10-21(24)27-13-18-11-19(23)20(14-25-18)26-12-16-4-2-1-3-5-16/h1-9,11,14H,10,12-13H2. The molecule has 0 aliphatic heterocycles. The van der Waals surface area contributed by atoms with Crippen molar-refractivity contribution in [2.45, 2.75) is 19.6 Å². The van der Waals surface area contributed by atoms with Gasteiger partial charge in [0, 0.05) is 10.5 Å². The van der Waals surface area contributed by atoms with E-state index in [9.17, 15) is 9.59 Å². The number of ether oxygens (including phenoxy) is 2. The van der Waals surface area contributed by atoms with Crippen LogP contribution in [0, 0.1) is 0 Å². The molecule has 0 aliphatic rings. The van der Waals surface area contributed by atoms with Crippen molar-refractivity contribution in [3.8, 4) is 5.75 Å². The van der Waals surface area contributed by atoms with Gasteiger partial charge in [0.2, 0.25) is 11.2 Å². The van der Waals surface area contributed by atoms with Gasteiger partial charge < -0.3 is 13.9 Å². The maximum atomic E-state index is 12.1. The van der Waals surface area contributed by atoms with Crippen molar-refractivity contribution >= 4 is 21.9 Å². The van der Waals surface area contributed by atoms with Gasteiger partial charge in [-0.3, -0.25) is 9.59 Å². The van der Waals surface area contributed by atoms with E-state index >= 15 is 0 Å². The van der Waals surface area contributed by atoms with Crippen molar-refractivity contribution in [1.82, 2.24) is 0 Å². The number of carbonyl (C=O) groups is 1. The molecule has 3 aromatic rings. The zero-order valence-corrected chi connectivity index (χ0v) is 16.0. The van der Waals surface area contributed by atoms with Crippen molar-refractivity contribution in [2.75, 3.05) is 0 Å². The van der Waals surface area contributed by atoms with Gasteiger partial charge in [-0.05, 0) is 23.3 Å². The third-order valence-corrected chi connectivity index (χ3v) is 4.26. The number of benzene rings is 2. The lowest BCUT2D eigenvalue weighted by Gasteiger charge is -2.07. The number of esters is 1. The van der Waals surface area contributed by atoms with Crippen molar-refractivity contribution in [3.63, 3.8) is 0 Å². The highest BCUT2D eigenvalue weighted by Gasteiger charge is 2.09. The van der Waals surface area contributed by atoms with Gasteiger partial charge >= 0.3 is 5.97 Å². The van der Waals surface area contributed by atoms with Gasteiger partial charge in [-0.25, -0.2) is 0 Å². The van der Waals surface area contributed by atoms with Crippen LogP contribution in [-0.2, 0) is 29.2 Å². The fourth-order valence-electron chi connectivity index (χ4n) is 2.33. The lowest BCUT2D eigenvalue weighted by Crippen LogP contribution is -2.11. The highest BCUT2D eigenvalue weighted by Crippen LogP contribution is 2.13. The summed E-state index contributed by atoms with van der Waals surface area (Å²) in [5.74, 6) is -0.0237. The average molecular weight is 429 g/mol. The van der Waals surface area contributed by atoms with Crippen LogP contribution in [-0.4, -0.2) is 5.97 Å². The summed E-state index contributed by atoms with van der Waals surface area (Å²) in [6, 6.07) is 18.2. The van der Waals surface area contributed by atoms with Crippen LogP contribution in [0.4, 0.5) is 0 Å². The summed E-state index contributed by atoms with van der Waals surface area (Å²) in [4.78, 5) is 24.0. The van der Waals surface area contributed by atoms with Crippen molar-refractivity contribution in [2.24, 2.45) is 0 Å². The molecule has 27 heavy (non-hydrogen) atoms. The van der Waals surface area contributed by atoms with Crippen LogP contribution in [0.15, 0.2) is 80.6 Å². The smallest absolute Gasteiger partial charge is 0.310 e. The molecule has 0 atom stereocenters. The van der Waals surface area contributed by atoms with Gasteiger partial charge in [-0.15, -0.1) is 0 Å². The minimum Gasteiger partial charge on any atom is -0.482 e. The van der Waals surface area contributed by atoms with Crippen LogP contribution in [0.3, 0.4) is 0 Å². The van der Waals surface area contributed by atoms with E-state index in [4.69, 9.17) is 13.9 Å². The molecular formula is C21H17BrO5. The van der Waals surface area contributed by atoms with Crippen LogP contribution in [0.5, 0.6) is 5.75 Å². The Labute approximate surface area is 164 Å². The second kappa shape index (κ2) is 9.19. The summed E-state index contributed by atoms with van der Waals surface area (Å²) in [6.07, 6.45) is 1.39. The normalized spacial score (nSPS) is 10.4. The summed E-state index contributed by atoms with van der Waals surface area (Å²) in [5.41, 5.74) is 1.47. The van der Waals surface area contributed by atoms with E-state index in [0.717, 1.165) is 15.6 Å². The fourth-order valence-corrected chi connectivity index (χ4v) is 2.59. The minimum atomic E-state index is -0.399. The maximum Gasteiger partial charge on any atom is 0.310 e. The SMILES string of the molecule is O=C(Cc1ccc(Br)cc1)OCc1cc(=O)c(OCc2ccccc2)co1. The first-order chi connectivity index (χ1) is 13.1. The molecule has 0 radical (unpaired) electrons. The molecule has 0 saturated carbocycles. The van der Waals surface area contributed by atoms with E-state index < -0.39 is 5.97 Å². The summed E-state index contributed by atoms with van der Waals surface area (Å²) in [5, 5.41) is 0. The predicted molar refractivity (Wildman–Crippen MR) is 103 cm³/mol. The first-order valence-electron chi connectivity index (χ1n) is 8.28. The first-order valence-corrected chi connectivity index (χ1v) is 9.08. The van der Waals surface area contributed by atoms with Crippen LogP contribution in [0.2, 0.25) is 0 Å². The number of rotatable bonds is 7. The maximum absolute atomic E-state index is 12.1. The quantitative estimate of drug-likeness (QED) is 0.525. The zero-order valence-electron chi connectivity index (χ0n) is 14.4. The summed E-state index contributed by atoms with van der Waals surface area (Å²) in [6.45, 7) is 0.163. The molecule has 3 rings (SSSR count). The van der Waals surface area contributed by atoms with Gasteiger partial charge in [0.25, 0.3) is 0 Å². The van der Waals surface area contributed by atoms with E-state index in [-0.39, 0.29) is 36.6 Å². The minimum absolute atomic E-state index is 0.108. The highest BCUT2D eigenvalue weighted by molar-refractivity contribution is 9.10. The number of hydrogen-bond donors (Lipinski definition) is 0. The van der Waals surface area contributed by atoms with Gasteiger partial charge in [-0.2, -0.15) is 0 Å². The van der Waals surface area contributed by atoms with Gasteiger partial charge in [0.1, 0.15) is 25.2 Å². The molecule has 0 N–H and O–H groups in total. The Morgan fingerprint density at radius 2 is 1.70 bits per heavy atom. The average Bonchev–Trinajstić information content (AvgIpc) is 2.68. The monoisotopic (exact) mass is 428 g/mol. The Kier molecular flexibility index (Phi) is 6.44. The fraction of sp³-hybridized carbons (Fsp3) is 0.143. The number of halogens is 1. The Morgan fingerprint density at radius 3 is 2.41 bits per heavy atom. The van der Waals surface area contributed by atoms with E-state index in [0.29, 0.717) is 0 Å². The number of hydrogen-bond acceptors (Lipinski definition) is 5. The van der Waals surface area contributed by atoms with Crippen molar-refractivity contribution in [3.05, 3.63) is 98.5 Å². The molecule has 0 fully saturated rings. The van der Waals surface area contributed by atoms with E-state index in [1.54, 1.807) is 0 Å². The Bertz CT molecular complexity index is 948. The van der Waals surface area contributed by atoms with E-state index in [1.807, 2.05) is 54.6 Å². The molecule has 0 unspecified atom stereocenters. The summed E-state index contributed by atoms with van der Waals surface area (Å²) in [7, 11) is 0. The molecule has 0 spiro atoms. The second-order valence-corrected chi connectivity index (χ2v) is 6.73. The molecule has 6 heteroatoms. The van der Waals surface area contributed by atoms with Crippen LogP contribution >= 0.6 is 15.9 Å². The van der Waals surface area contributed by atoms with E-state index in [1.165, 1.54) is 12.3 Å². The molecule has 2 aromatic carbocycles. The Morgan fingerprint density at radius 1 is 0.963 bits per heavy atom. The Balaban J connectivity index is 1.52. The van der Waals surface area contributed by atoms with Gasteiger partial charge in [0.15, 0.2) is 0 Å². The predicted octanol–water partition coefficient (Wildman–Crippen LogP) is 4.27. The van der Waals surface area contributed by atoms with Crippen molar-refractivity contribution < 1.29 is 18.7 Å². The first kappa shape index (κ1) is 18.9. The molecule has 0 aliphatic carbocycles. The molecule has 0 amide bonds. The topological polar surface area (TPSA) is 65.7 Å². The summed E-state index contributed by atoms with van der Waals surface area (Å²) >= 11 is 3.34. The molecular weight excluding hydrogens is 412 g/mol. The van der Waals surface area contributed by atoms with Crippen molar-refractivity contribution in [1.29, 1.82) is 0 Å². The molecule has 0 bridgehead atoms. The largest absolute Gasteiger partial charge is 0.482 e. The van der Waals surface area contributed by atoms with Crippen LogP contribution in [0.1, 0.15) is 16.9 Å². The third kappa shape index (κ3) is 5.82. The lowest BCUT2D eigenvalue weighted by molar-refractivity contribution is -0.144. The molecule has 5 nitrogen and oxygen atoms in total. The van der Waals surface area contributed by atoms with Gasteiger partial charge in [-0.1, -0.05) is 58.4 Å².